The molecule has 0 amide bonds. The van der Waals surface area contributed by atoms with E-state index in [1.165, 1.54) is 5.69 Å². The van der Waals surface area contributed by atoms with Crippen molar-refractivity contribution in [1.29, 1.82) is 0 Å². The van der Waals surface area contributed by atoms with Crippen molar-refractivity contribution in [1.82, 2.24) is 10.2 Å². The third-order valence-electron chi connectivity index (χ3n) is 5.21. The van der Waals surface area contributed by atoms with Crippen LogP contribution in [0.1, 0.15) is 12.5 Å². The Morgan fingerprint density at radius 3 is 2.26 bits per heavy atom. The largest absolute Gasteiger partial charge is 0.497 e. The fourth-order valence-electron chi connectivity index (χ4n) is 3.58. The van der Waals surface area contributed by atoms with Gasteiger partial charge >= 0.3 is 0 Å². The van der Waals surface area contributed by atoms with Crippen molar-refractivity contribution in [2.75, 3.05) is 59.0 Å². The van der Waals surface area contributed by atoms with Gasteiger partial charge in [-0.2, -0.15) is 0 Å². The van der Waals surface area contributed by atoms with Crippen molar-refractivity contribution >= 4 is 35.6 Å². The number of halogens is 1. The first-order valence-electron chi connectivity index (χ1n) is 10.3. The summed E-state index contributed by atoms with van der Waals surface area (Å²) in [6, 6.07) is 14.2. The molecule has 1 N–H and O–H groups in total. The molecule has 1 aliphatic rings. The third-order valence-corrected chi connectivity index (χ3v) is 5.21. The van der Waals surface area contributed by atoms with Crippen molar-refractivity contribution in [2.45, 2.75) is 13.5 Å². The zero-order chi connectivity index (χ0) is 21.3. The van der Waals surface area contributed by atoms with Crippen LogP contribution in [0.4, 0.5) is 5.69 Å². The highest BCUT2D eigenvalue weighted by atomic mass is 127. The van der Waals surface area contributed by atoms with Gasteiger partial charge in [0.05, 0.1) is 20.8 Å². The van der Waals surface area contributed by atoms with E-state index in [4.69, 9.17) is 14.2 Å². The van der Waals surface area contributed by atoms with Crippen molar-refractivity contribution in [3.05, 3.63) is 48.0 Å². The number of hydrogen-bond acceptors (Lipinski definition) is 5. The number of rotatable bonds is 7. The van der Waals surface area contributed by atoms with E-state index in [-0.39, 0.29) is 24.0 Å². The quantitative estimate of drug-likeness (QED) is 0.329. The standard InChI is InChI=1S/C23H32N4O3.HI/c1-5-30-22-16-18(6-11-21(22)29-4)17-25-23(24-2)27-14-12-26(13-15-27)19-7-9-20(28-3)10-8-19;/h6-11,16H,5,12-15,17H2,1-4H3,(H,24,25);1H. The average molecular weight is 540 g/mol. The molecule has 31 heavy (non-hydrogen) atoms. The molecule has 170 valence electrons. The molecule has 3 rings (SSSR count). The first-order valence-corrected chi connectivity index (χ1v) is 10.3. The number of benzene rings is 2. The van der Waals surface area contributed by atoms with E-state index < -0.39 is 0 Å². The smallest absolute Gasteiger partial charge is 0.194 e. The number of piperazine rings is 1. The molecule has 7 nitrogen and oxygen atoms in total. The van der Waals surface area contributed by atoms with Gasteiger partial charge in [0.1, 0.15) is 5.75 Å². The Kier molecular flexibility index (Phi) is 10.0. The number of methoxy groups -OCH3 is 2. The summed E-state index contributed by atoms with van der Waals surface area (Å²) >= 11 is 0. The lowest BCUT2D eigenvalue weighted by Crippen LogP contribution is -2.52. The monoisotopic (exact) mass is 540 g/mol. The van der Waals surface area contributed by atoms with Crippen LogP contribution in [0.15, 0.2) is 47.5 Å². The van der Waals surface area contributed by atoms with E-state index in [0.29, 0.717) is 13.2 Å². The zero-order valence-corrected chi connectivity index (χ0v) is 21.1. The van der Waals surface area contributed by atoms with Crippen LogP contribution in [-0.4, -0.2) is 64.9 Å². The highest BCUT2D eigenvalue weighted by Crippen LogP contribution is 2.28. The van der Waals surface area contributed by atoms with Crippen LogP contribution in [0.2, 0.25) is 0 Å². The second-order valence-electron chi connectivity index (χ2n) is 6.99. The second kappa shape index (κ2) is 12.5. The summed E-state index contributed by atoms with van der Waals surface area (Å²) in [4.78, 5) is 9.17. The van der Waals surface area contributed by atoms with Crippen LogP contribution in [-0.2, 0) is 6.54 Å². The second-order valence-corrected chi connectivity index (χ2v) is 6.99. The fraction of sp³-hybridized carbons (Fsp3) is 0.435. The van der Waals surface area contributed by atoms with Gasteiger partial charge in [-0.25, -0.2) is 0 Å². The zero-order valence-electron chi connectivity index (χ0n) is 18.8. The summed E-state index contributed by atoms with van der Waals surface area (Å²) in [6.07, 6.45) is 0. The van der Waals surface area contributed by atoms with Gasteiger partial charge in [-0.05, 0) is 48.9 Å². The minimum atomic E-state index is 0. The Hall–Kier alpha value is -2.36. The van der Waals surface area contributed by atoms with E-state index in [2.05, 4.69) is 32.2 Å². The molecule has 0 radical (unpaired) electrons. The maximum atomic E-state index is 5.68. The fourth-order valence-corrected chi connectivity index (χ4v) is 3.58. The maximum absolute atomic E-state index is 5.68. The van der Waals surface area contributed by atoms with Crippen LogP contribution in [0.25, 0.3) is 0 Å². The van der Waals surface area contributed by atoms with E-state index in [1.54, 1.807) is 14.2 Å². The van der Waals surface area contributed by atoms with Crippen molar-refractivity contribution < 1.29 is 14.2 Å². The molecule has 1 heterocycles. The molecule has 2 aromatic rings. The summed E-state index contributed by atoms with van der Waals surface area (Å²) < 4.78 is 16.3. The molecule has 0 aromatic heterocycles. The van der Waals surface area contributed by atoms with Crippen LogP contribution < -0.4 is 24.4 Å². The minimum absolute atomic E-state index is 0. The van der Waals surface area contributed by atoms with Crippen LogP contribution in [0, 0.1) is 0 Å². The number of anilines is 1. The molecule has 1 aliphatic heterocycles. The van der Waals surface area contributed by atoms with Gasteiger partial charge in [-0.3, -0.25) is 4.99 Å². The van der Waals surface area contributed by atoms with Crippen LogP contribution in [0.5, 0.6) is 17.2 Å². The van der Waals surface area contributed by atoms with Gasteiger partial charge < -0.3 is 29.3 Å². The topological polar surface area (TPSA) is 58.6 Å². The summed E-state index contributed by atoms with van der Waals surface area (Å²) in [5.74, 6) is 3.31. The van der Waals surface area contributed by atoms with E-state index in [1.807, 2.05) is 44.3 Å². The van der Waals surface area contributed by atoms with Crippen molar-refractivity contribution in [3.63, 3.8) is 0 Å². The number of hydrogen-bond donors (Lipinski definition) is 1. The SMILES string of the molecule is CCOc1cc(CNC(=NC)N2CCN(c3ccc(OC)cc3)CC2)ccc1OC.I. The van der Waals surface area contributed by atoms with E-state index in [9.17, 15) is 0 Å². The van der Waals surface area contributed by atoms with Crippen molar-refractivity contribution in [3.8, 4) is 17.2 Å². The lowest BCUT2D eigenvalue weighted by molar-refractivity contribution is 0.310. The molecule has 0 unspecified atom stereocenters. The van der Waals surface area contributed by atoms with Crippen LogP contribution >= 0.6 is 24.0 Å². The molecular weight excluding hydrogens is 507 g/mol. The minimum Gasteiger partial charge on any atom is -0.497 e. The molecule has 0 atom stereocenters. The Labute approximate surface area is 202 Å². The summed E-state index contributed by atoms with van der Waals surface area (Å²) in [5.41, 5.74) is 2.34. The van der Waals surface area contributed by atoms with Gasteiger partial charge in [0.15, 0.2) is 17.5 Å². The predicted octanol–water partition coefficient (Wildman–Crippen LogP) is 3.62. The lowest BCUT2D eigenvalue weighted by Gasteiger charge is -2.37. The maximum Gasteiger partial charge on any atom is 0.194 e. The first kappa shape index (κ1) is 24.9. The summed E-state index contributed by atoms with van der Waals surface area (Å²) in [7, 11) is 5.18. The molecular formula is C23H33IN4O3. The molecule has 1 fully saturated rings. The first-order chi connectivity index (χ1) is 14.7. The molecule has 8 heteroatoms. The molecule has 2 aromatic carbocycles. The Bertz CT molecular complexity index is 837. The third kappa shape index (κ3) is 6.56. The summed E-state index contributed by atoms with van der Waals surface area (Å²) in [6.45, 7) is 6.98. The van der Waals surface area contributed by atoms with E-state index in [0.717, 1.165) is 55.0 Å². The van der Waals surface area contributed by atoms with E-state index >= 15 is 0 Å². The predicted molar refractivity (Wildman–Crippen MR) is 137 cm³/mol. The normalized spacial score (nSPS) is 14.0. The summed E-state index contributed by atoms with van der Waals surface area (Å²) in [5, 5.41) is 3.48. The highest BCUT2D eigenvalue weighted by Gasteiger charge is 2.20. The van der Waals surface area contributed by atoms with Gasteiger partial charge in [-0.1, -0.05) is 6.07 Å². The Morgan fingerprint density at radius 1 is 0.968 bits per heavy atom. The molecule has 1 saturated heterocycles. The Morgan fingerprint density at radius 2 is 1.68 bits per heavy atom. The Balaban J connectivity index is 0.00000341. The highest BCUT2D eigenvalue weighted by molar-refractivity contribution is 14.0. The van der Waals surface area contributed by atoms with Gasteiger partial charge in [0.25, 0.3) is 0 Å². The van der Waals surface area contributed by atoms with Crippen LogP contribution in [0.3, 0.4) is 0 Å². The van der Waals surface area contributed by atoms with Crippen molar-refractivity contribution in [2.24, 2.45) is 4.99 Å². The number of nitrogens with one attached hydrogen (secondary N) is 1. The molecule has 0 spiro atoms. The molecule has 0 bridgehead atoms. The lowest BCUT2D eigenvalue weighted by atomic mass is 10.2. The number of ether oxygens (including phenoxy) is 3. The molecule has 0 saturated carbocycles. The number of guanidine groups is 1. The number of nitrogens with zero attached hydrogens (tertiary/aromatic N) is 3. The van der Waals surface area contributed by atoms with Gasteiger partial charge in [0, 0.05) is 45.5 Å². The number of aliphatic imine (C=N–C) groups is 1. The van der Waals surface area contributed by atoms with Gasteiger partial charge in [0.2, 0.25) is 0 Å². The average Bonchev–Trinajstić information content (AvgIpc) is 2.80. The molecule has 0 aliphatic carbocycles. The van der Waals surface area contributed by atoms with Gasteiger partial charge in [-0.15, -0.1) is 24.0 Å².